The average molecular weight is 445 g/mol. The van der Waals surface area contributed by atoms with Gasteiger partial charge in [-0.1, -0.05) is 32.4 Å². The Balaban J connectivity index is 0.00000208. The molecule has 0 bridgehead atoms. The summed E-state index contributed by atoms with van der Waals surface area (Å²) in [6.45, 7) is 7.25. The zero-order chi connectivity index (χ0) is 16.5. The molecule has 1 saturated carbocycles. The maximum Gasteiger partial charge on any atom is 0.193 e. The highest BCUT2D eigenvalue weighted by molar-refractivity contribution is 14.0. The molecule has 1 N–H and O–H groups in total. The molecule has 0 aromatic heterocycles. The number of nitrogens with one attached hydrogen (secondary N) is 1. The molecule has 24 heavy (non-hydrogen) atoms. The molecule has 1 aromatic carbocycles. The predicted octanol–water partition coefficient (Wildman–Crippen LogP) is 4.17. The molecular weight excluding hydrogens is 416 g/mol. The van der Waals surface area contributed by atoms with Crippen LogP contribution in [0.5, 0.6) is 0 Å². The second-order valence-corrected chi connectivity index (χ2v) is 7.82. The fourth-order valence-electron chi connectivity index (χ4n) is 3.84. The Morgan fingerprint density at radius 3 is 2.62 bits per heavy atom. The maximum atomic E-state index is 13.5. The third-order valence-corrected chi connectivity index (χ3v) is 5.66. The lowest BCUT2D eigenvalue weighted by Gasteiger charge is -2.38. The van der Waals surface area contributed by atoms with Gasteiger partial charge in [0.05, 0.1) is 0 Å². The van der Waals surface area contributed by atoms with Crippen molar-refractivity contribution in [2.24, 2.45) is 10.4 Å². The van der Waals surface area contributed by atoms with Gasteiger partial charge in [-0.25, -0.2) is 4.39 Å². The highest BCUT2D eigenvalue weighted by atomic mass is 127. The number of aliphatic imine (C=N–C) groups is 1. The van der Waals surface area contributed by atoms with Crippen molar-refractivity contribution >= 4 is 29.9 Å². The number of benzene rings is 1. The Hall–Kier alpha value is -0.850. The van der Waals surface area contributed by atoms with Crippen molar-refractivity contribution < 1.29 is 4.39 Å². The highest BCUT2D eigenvalue weighted by Crippen LogP contribution is 2.47. The molecule has 0 amide bonds. The van der Waals surface area contributed by atoms with Crippen molar-refractivity contribution in [1.82, 2.24) is 10.2 Å². The van der Waals surface area contributed by atoms with Crippen molar-refractivity contribution in [2.75, 3.05) is 26.7 Å². The summed E-state index contributed by atoms with van der Waals surface area (Å²) in [5.41, 5.74) is 1.43. The molecule has 1 aromatic rings. The van der Waals surface area contributed by atoms with Crippen LogP contribution >= 0.6 is 24.0 Å². The second-order valence-electron chi connectivity index (χ2n) is 7.82. The SMILES string of the molecule is CN=C(NCC(C)(C)c1cccc(F)c1)N1CCC2(CCC2)C1.I. The van der Waals surface area contributed by atoms with E-state index in [0.717, 1.165) is 31.2 Å². The molecule has 1 spiro atoms. The minimum atomic E-state index is -0.175. The Kier molecular flexibility index (Phi) is 6.15. The smallest absolute Gasteiger partial charge is 0.193 e. The quantitative estimate of drug-likeness (QED) is 0.430. The molecule has 1 saturated heterocycles. The van der Waals surface area contributed by atoms with Crippen LogP contribution < -0.4 is 5.32 Å². The van der Waals surface area contributed by atoms with Crippen molar-refractivity contribution in [3.8, 4) is 0 Å². The van der Waals surface area contributed by atoms with Crippen LogP contribution in [0.4, 0.5) is 4.39 Å². The monoisotopic (exact) mass is 445 g/mol. The van der Waals surface area contributed by atoms with Gasteiger partial charge in [0.2, 0.25) is 0 Å². The van der Waals surface area contributed by atoms with Gasteiger partial charge in [0.15, 0.2) is 5.96 Å². The van der Waals surface area contributed by atoms with Crippen LogP contribution in [0.2, 0.25) is 0 Å². The number of hydrogen-bond acceptors (Lipinski definition) is 1. The van der Waals surface area contributed by atoms with E-state index in [4.69, 9.17) is 0 Å². The summed E-state index contributed by atoms with van der Waals surface area (Å²) in [6, 6.07) is 6.90. The minimum Gasteiger partial charge on any atom is -0.355 e. The Bertz CT molecular complexity index is 596. The van der Waals surface area contributed by atoms with Gasteiger partial charge < -0.3 is 10.2 Å². The van der Waals surface area contributed by atoms with E-state index >= 15 is 0 Å². The molecule has 1 heterocycles. The number of guanidine groups is 1. The van der Waals surface area contributed by atoms with Crippen molar-refractivity contribution in [1.29, 1.82) is 0 Å². The van der Waals surface area contributed by atoms with Gasteiger partial charge in [0.25, 0.3) is 0 Å². The Morgan fingerprint density at radius 1 is 1.33 bits per heavy atom. The third kappa shape index (κ3) is 4.03. The molecule has 3 nitrogen and oxygen atoms in total. The Morgan fingerprint density at radius 2 is 2.08 bits per heavy atom. The van der Waals surface area contributed by atoms with E-state index in [9.17, 15) is 4.39 Å². The lowest BCUT2D eigenvalue weighted by molar-refractivity contribution is 0.151. The van der Waals surface area contributed by atoms with Crippen LogP contribution in [0, 0.1) is 11.2 Å². The average Bonchev–Trinajstić information content (AvgIpc) is 2.93. The summed E-state index contributed by atoms with van der Waals surface area (Å²) in [7, 11) is 1.85. The van der Waals surface area contributed by atoms with Crippen LogP contribution in [0.1, 0.15) is 45.1 Å². The van der Waals surface area contributed by atoms with Gasteiger partial charge in [0.1, 0.15) is 5.82 Å². The molecule has 0 radical (unpaired) electrons. The van der Waals surface area contributed by atoms with E-state index in [1.807, 2.05) is 13.1 Å². The normalized spacial score (nSPS) is 19.8. The molecule has 3 rings (SSSR count). The molecule has 134 valence electrons. The first-order chi connectivity index (χ1) is 10.9. The lowest BCUT2D eigenvalue weighted by Crippen LogP contribution is -2.46. The number of likely N-dealkylation sites (tertiary alicyclic amines) is 1. The first-order valence-corrected chi connectivity index (χ1v) is 8.66. The van der Waals surface area contributed by atoms with E-state index in [1.165, 1.54) is 31.7 Å². The first-order valence-electron chi connectivity index (χ1n) is 8.66. The van der Waals surface area contributed by atoms with Crippen LogP contribution in [0.3, 0.4) is 0 Å². The molecule has 2 fully saturated rings. The van der Waals surface area contributed by atoms with E-state index < -0.39 is 0 Å². The second kappa shape index (κ2) is 7.58. The van der Waals surface area contributed by atoms with E-state index in [2.05, 4.69) is 29.1 Å². The highest BCUT2D eigenvalue weighted by Gasteiger charge is 2.43. The number of halogens is 2. The standard InChI is InChI=1S/C19H28FN3.HI/c1-18(2,15-6-4-7-16(20)12-15)13-22-17(21-3)23-11-10-19(14-23)8-5-9-19;/h4,6-7,12H,5,8-11,13-14H2,1-3H3,(H,21,22);1H. The van der Waals surface area contributed by atoms with Crippen molar-refractivity contribution in [3.63, 3.8) is 0 Å². The zero-order valence-corrected chi connectivity index (χ0v) is 17.3. The molecule has 2 aliphatic rings. The van der Waals surface area contributed by atoms with E-state index in [-0.39, 0.29) is 35.2 Å². The van der Waals surface area contributed by atoms with Crippen LogP contribution in [-0.4, -0.2) is 37.5 Å². The topological polar surface area (TPSA) is 27.6 Å². The lowest BCUT2D eigenvalue weighted by atomic mass is 9.68. The fourth-order valence-corrected chi connectivity index (χ4v) is 3.84. The van der Waals surface area contributed by atoms with Crippen molar-refractivity contribution in [2.45, 2.75) is 44.9 Å². The van der Waals surface area contributed by atoms with Gasteiger partial charge >= 0.3 is 0 Å². The summed E-state index contributed by atoms with van der Waals surface area (Å²) in [6.07, 6.45) is 5.41. The first kappa shape index (κ1) is 19.5. The van der Waals surface area contributed by atoms with Crippen LogP contribution in [0.25, 0.3) is 0 Å². The van der Waals surface area contributed by atoms with E-state index in [1.54, 1.807) is 12.1 Å². The molecule has 1 aliphatic carbocycles. The number of rotatable bonds is 3. The van der Waals surface area contributed by atoms with Crippen molar-refractivity contribution in [3.05, 3.63) is 35.6 Å². The summed E-state index contributed by atoms with van der Waals surface area (Å²) in [5, 5.41) is 3.51. The fraction of sp³-hybridized carbons (Fsp3) is 0.632. The maximum absolute atomic E-state index is 13.5. The van der Waals surface area contributed by atoms with Gasteiger partial charge in [-0.15, -0.1) is 24.0 Å². The third-order valence-electron chi connectivity index (χ3n) is 5.66. The molecule has 1 aliphatic heterocycles. The predicted molar refractivity (Wildman–Crippen MR) is 109 cm³/mol. The number of nitrogens with zero attached hydrogens (tertiary/aromatic N) is 2. The molecule has 5 heteroatoms. The molecule has 0 atom stereocenters. The largest absolute Gasteiger partial charge is 0.355 e. The zero-order valence-electron chi connectivity index (χ0n) is 14.9. The Labute approximate surface area is 162 Å². The van der Waals surface area contributed by atoms with Gasteiger partial charge in [-0.3, -0.25) is 4.99 Å². The molecule has 0 unspecified atom stereocenters. The number of hydrogen-bond donors (Lipinski definition) is 1. The van der Waals surface area contributed by atoms with Gasteiger partial charge in [0, 0.05) is 32.1 Å². The summed E-state index contributed by atoms with van der Waals surface area (Å²) < 4.78 is 13.5. The van der Waals surface area contributed by atoms with Crippen LogP contribution in [-0.2, 0) is 5.41 Å². The van der Waals surface area contributed by atoms with E-state index in [0.29, 0.717) is 5.41 Å². The summed E-state index contributed by atoms with van der Waals surface area (Å²) in [5.74, 6) is 0.810. The molecular formula is C19H29FIN3. The van der Waals surface area contributed by atoms with Gasteiger partial charge in [-0.05, 0) is 42.4 Å². The summed E-state index contributed by atoms with van der Waals surface area (Å²) >= 11 is 0. The summed E-state index contributed by atoms with van der Waals surface area (Å²) in [4.78, 5) is 6.86. The minimum absolute atomic E-state index is 0. The van der Waals surface area contributed by atoms with Crippen LogP contribution in [0.15, 0.2) is 29.3 Å². The van der Waals surface area contributed by atoms with Gasteiger partial charge in [-0.2, -0.15) is 0 Å².